The fraction of sp³-hybridized carbons (Fsp3) is 0.591. The molecule has 1 aromatic carbocycles. The Bertz CT molecular complexity index is 756. The summed E-state index contributed by atoms with van der Waals surface area (Å²) in [6.45, 7) is 8.74. The third-order valence-corrected chi connectivity index (χ3v) is 5.84. The molecule has 3 rings (SSSR count). The fourth-order valence-corrected chi connectivity index (χ4v) is 3.84. The van der Waals surface area contributed by atoms with Crippen molar-refractivity contribution in [3.63, 3.8) is 0 Å². The van der Waals surface area contributed by atoms with Gasteiger partial charge >= 0.3 is 0 Å². The minimum Gasteiger partial charge on any atom is -0.474 e. The zero-order valence-electron chi connectivity index (χ0n) is 16.5. The van der Waals surface area contributed by atoms with E-state index in [4.69, 9.17) is 10.5 Å². The number of aliphatic hydroxyl groups excluding tert-OH is 1. The Hall–Kier alpha value is -1.65. The Labute approximate surface area is 156 Å². The first-order valence-electron chi connectivity index (χ1n) is 9.67. The lowest BCUT2D eigenvalue weighted by atomic mass is 9.72. The number of aromatic nitrogens is 1. The molecule has 1 saturated carbocycles. The highest BCUT2D eigenvalue weighted by atomic mass is 16.5. The Morgan fingerprint density at radius 1 is 1.08 bits per heavy atom. The molecule has 1 aromatic heterocycles. The minimum absolute atomic E-state index is 0.0929. The molecule has 1 unspecified atom stereocenters. The molecular formula is C22H32N2O2. The van der Waals surface area contributed by atoms with Crippen LogP contribution < -0.4 is 10.5 Å². The zero-order chi connectivity index (χ0) is 18.9. The van der Waals surface area contributed by atoms with E-state index in [1.54, 1.807) is 0 Å². The Balaban J connectivity index is 1.69. The number of hydrogen-bond donors (Lipinski definition) is 2. The van der Waals surface area contributed by atoms with Gasteiger partial charge in [-0.25, -0.2) is 4.98 Å². The van der Waals surface area contributed by atoms with Gasteiger partial charge in [-0.1, -0.05) is 26.8 Å². The molecule has 142 valence electrons. The predicted molar refractivity (Wildman–Crippen MR) is 106 cm³/mol. The summed E-state index contributed by atoms with van der Waals surface area (Å²) in [5.41, 5.74) is 7.57. The first-order chi connectivity index (χ1) is 12.2. The number of aliphatic hydroxyl groups is 1. The number of ether oxygens (including phenoxy) is 1. The number of fused-ring (bicyclic) bond motifs is 1. The molecule has 0 aliphatic heterocycles. The van der Waals surface area contributed by atoms with E-state index < -0.39 is 5.54 Å². The van der Waals surface area contributed by atoms with E-state index in [2.05, 4.69) is 25.8 Å². The Morgan fingerprint density at radius 3 is 2.38 bits per heavy atom. The van der Waals surface area contributed by atoms with Gasteiger partial charge in [-0.3, -0.25) is 0 Å². The van der Waals surface area contributed by atoms with Crippen molar-refractivity contribution < 1.29 is 9.84 Å². The average Bonchev–Trinajstić information content (AvgIpc) is 2.61. The summed E-state index contributed by atoms with van der Waals surface area (Å²) in [6.07, 6.45) is 4.91. The summed E-state index contributed by atoms with van der Waals surface area (Å²) in [5, 5.41) is 10.5. The van der Waals surface area contributed by atoms with Crippen molar-refractivity contribution in [2.45, 2.75) is 65.0 Å². The van der Waals surface area contributed by atoms with E-state index in [9.17, 15) is 5.11 Å². The number of nitrogens with two attached hydrogens (primary N) is 1. The Morgan fingerprint density at radius 2 is 1.77 bits per heavy atom. The highest BCUT2D eigenvalue weighted by molar-refractivity contribution is 5.80. The molecule has 0 spiro atoms. The van der Waals surface area contributed by atoms with Crippen molar-refractivity contribution >= 4 is 10.9 Å². The summed E-state index contributed by atoms with van der Waals surface area (Å²) in [5.74, 6) is 1.48. The minimum atomic E-state index is -0.741. The summed E-state index contributed by atoms with van der Waals surface area (Å²) < 4.78 is 6.17. The van der Waals surface area contributed by atoms with Crippen molar-refractivity contribution in [2.24, 2.45) is 17.1 Å². The van der Waals surface area contributed by atoms with Crippen LogP contribution in [0, 0.1) is 11.3 Å². The quantitative estimate of drug-likeness (QED) is 0.853. The maximum absolute atomic E-state index is 9.45. The molecule has 3 N–H and O–H groups in total. The van der Waals surface area contributed by atoms with Crippen molar-refractivity contribution in [1.29, 1.82) is 0 Å². The highest BCUT2D eigenvalue weighted by Crippen LogP contribution is 2.38. The zero-order valence-corrected chi connectivity index (χ0v) is 16.5. The highest BCUT2D eigenvalue weighted by Gasteiger charge is 2.30. The number of benzene rings is 1. The number of pyridine rings is 1. The van der Waals surface area contributed by atoms with Crippen molar-refractivity contribution in [3.8, 4) is 5.88 Å². The van der Waals surface area contributed by atoms with E-state index in [1.165, 1.54) is 12.8 Å². The van der Waals surface area contributed by atoms with Gasteiger partial charge in [0.15, 0.2) is 0 Å². The van der Waals surface area contributed by atoms with Gasteiger partial charge in [0, 0.05) is 11.5 Å². The average molecular weight is 357 g/mol. The molecule has 1 atom stereocenters. The van der Waals surface area contributed by atoms with Gasteiger partial charge < -0.3 is 15.6 Å². The molecule has 0 saturated heterocycles. The van der Waals surface area contributed by atoms with Gasteiger partial charge in [0.05, 0.1) is 17.7 Å². The van der Waals surface area contributed by atoms with Crippen LogP contribution in [0.2, 0.25) is 0 Å². The summed E-state index contributed by atoms with van der Waals surface area (Å²) in [7, 11) is 0. The largest absolute Gasteiger partial charge is 0.474 e. The second-order valence-electron chi connectivity index (χ2n) is 9.09. The molecule has 0 amide bonds. The lowest BCUT2D eigenvalue weighted by molar-refractivity contribution is 0.0854. The molecule has 0 radical (unpaired) electrons. The van der Waals surface area contributed by atoms with Gasteiger partial charge in [0.1, 0.15) is 6.10 Å². The van der Waals surface area contributed by atoms with Crippen LogP contribution in [0.25, 0.3) is 10.9 Å². The lowest BCUT2D eigenvalue weighted by Crippen LogP contribution is -2.36. The maximum Gasteiger partial charge on any atom is 0.214 e. The van der Waals surface area contributed by atoms with Gasteiger partial charge in [-0.15, -0.1) is 0 Å². The normalized spacial score (nSPS) is 23.6. The molecule has 26 heavy (non-hydrogen) atoms. The maximum atomic E-state index is 9.45. The SMILES string of the molecule is CC(N)(CO)c1ccc2nc(O[C@H]3CC[C@H](C(C)(C)C)CC3)ccc2c1. The van der Waals surface area contributed by atoms with E-state index in [0.29, 0.717) is 11.3 Å². The van der Waals surface area contributed by atoms with E-state index in [1.807, 2.05) is 37.3 Å². The molecule has 4 nitrogen and oxygen atoms in total. The first kappa shape index (κ1) is 19.1. The smallest absolute Gasteiger partial charge is 0.214 e. The number of rotatable bonds is 4. The fourth-order valence-electron chi connectivity index (χ4n) is 3.84. The van der Waals surface area contributed by atoms with Crippen LogP contribution in [-0.2, 0) is 5.54 Å². The second kappa shape index (κ2) is 7.16. The van der Waals surface area contributed by atoms with Crippen LogP contribution in [0.1, 0.15) is 58.9 Å². The van der Waals surface area contributed by atoms with Crippen LogP contribution in [0.5, 0.6) is 5.88 Å². The molecule has 1 fully saturated rings. The van der Waals surface area contributed by atoms with E-state index in [0.717, 1.165) is 35.2 Å². The summed E-state index contributed by atoms with van der Waals surface area (Å²) in [4.78, 5) is 4.66. The van der Waals surface area contributed by atoms with Crippen molar-refractivity contribution in [2.75, 3.05) is 6.61 Å². The molecule has 4 heteroatoms. The third kappa shape index (κ3) is 4.18. The van der Waals surface area contributed by atoms with Crippen LogP contribution in [0.4, 0.5) is 0 Å². The molecule has 1 aliphatic rings. The molecular weight excluding hydrogens is 324 g/mol. The third-order valence-electron chi connectivity index (χ3n) is 5.84. The number of hydrogen-bond acceptors (Lipinski definition) is 4. The topological polar surface area (TPSA) is 68.4 Å². The monoisotopic (exact) mass is 356 g/mol. The van der Waals surface area contributed by atoms with Gasteiger partial charge in [-0.2, -0.15) is 0 Å². The van der Waals surface area contributed by atoms with Crippen molar-refractivity contribution in [1.82, 2.24) is 4.98 Å². The predicted octanol–water partition coefficient (Wildman–Crippen LogP) is 4.38. The standard InChI is InChI=1S/C22H32N2O2/c1-21(2,3)16-6-9-18(10-7-16)26-20-12-5-15-13-17(22(4,23)14-25)8-11-19(15)24-20/h5,8,11-13,16,18,25H,6-7,9-10,14,23H2,1-4H3/t16-,18-,22?. The molecule has 1 aliphatic carbocycles. The summed E-state index contributed by atoms with van der Waals surface area (Å²) >= 11 is 0. The van der Waals surface area contributed by atoms with Gasteiger partial charge in [-0.05, 0) is 67.7 Å². The molecule has 0 bridgehead atoms. The van der Waals surface area contributed by atoms with Crippen LogP contribution in [0.3, 0.4) is 0 Å². The van der Waals surface area contributed by atoms with E-state index in [-0.39, 0.29) is 12.7 Å². The second-order valence-corrected chi connectivity index (χ2v) is 9.09. The molecule has 2 aromatic rings. The summed E-state index contributed by atoms with van der Waals surface area (Å²) in [6, 6.07) is 9.85. The number of nitrogens with zero attached hydrogens (tertiary/aromatic N) is 1. The molecule has 1 heterocycles. The van der Waals surface area contributed by atoms with Crippen LogP contribution in [-0.4, -0.2) is 22.8 Å². The van der Waals surface area contributed by atoms with E-state index >= 15 is 0 Å². The Kier molecular flexibility index (Phi) is 5.27. The van der Waals surface area contributed by atoms with Gasteiger partial charge in [0.2, 0.25) is 5.88 Å². The van der Waals surface area contributed by atoms with Crippen LogP contribution >= 0.6 is 0 Å². The van der Waals surface area contributed by atoms with Gasteiger partial charge in [0.25, 0.3) is 0 Å². The first-order valence-corrected chi connectivity index (χ1v) is 9.67. The van der Waals surface area contributed by atoms with Crippen molar-refractivity contribution in [3.05, 3.63) is 35.9 Å². The lowest BCUT2D eigenvalue weighted by Gasteiger charge is -2.36. The van der Waals surface area contributed by atoms with Crippen LogP contribution in [0.15, 0.2) is 30.3 Å².